The van der Waals surface area contributed by atoms with Crippen molar-refractivity contribution in [3.8, 4) is 0 Å². The molecule has 0 aliphatic carbocycles. The first-order chi connectivity index (χ1) is 11.2. The number of hydrogen-bond acceptors (Lipinski definition) is 5. The van der Waals surface area contributed by atoms with Crippen molar-refractivity contribution < 1.29 is 4.79 Å². The number of pyridine rings is 1. The van der Waals surface area contributed by atoms with E-state index in [0.29, 0.717) is 12.5 Å². The van der Waals surface area contributed by atoms with Crippen molar-refractivity contribution in [3.05, 3.63) is 46.7 Å². The number of likely N-dealkylation sites (tertiary alicyclic amines) is 1. The second-order valence-corrected chi connectivity index (χ2v) is 7.01. The number of aromatic nitrogens is 2. The van der Waals surface area contributed by atoms with E-state index >= 15 is 0 Å². The van der Waals surface area contributed by atoms with E-state index < -0.39 is 0 Å². The summed E-state index contributed by atoms with van der Waals surface area (Å²) in [4.78, 5) is 25.1. The molecule has 0 bridgehead atoms. The van der Waals surface area contributed by atoms with Crippen LogP contribution in [0.15, 0.2) is 36.1 Å². The average molecular weight is 330 g/mol. The quantitative estimate of drug-likeness (QED) is 0.844. The molecule has 2 aromatic heterocycles. The number of hydrogen-bond donors (Lipinski definition) is 0. The van der Waals surface area contributed by atoms with Crippen molar-refractivity contribution in [2.45, 2.75) is 25.3 Å². The molecule has 0 aromatic carbocycles. The van der Waals surface area contributed by atoms with Gasteiger partial charge in [-0.1, -0.05) is 6.07 Å². The van der Waals surface area contributed by atoms with Crippen LogP contribution in [0.2, 0.25) is 0 Å². The lowest BCUT2D eigenvalue weighted by Gasteiger charge is -2.33. The summed E-state index contributed by atoms with van der Waals surface area (Å²) in [5.41, 5.74) is 1.13. The number of rotatable bonds is 5. The molecule has 1 fully saturated rings. The summed E-state index contributed by atoms with van der Waals surface area (Å²) < 4.78 is 0. The van der Waals surface area contributed by atoms with E-state index in [4.69, 9.17) is 0 Å². The van der Waals surface area contributed by atoms with E-state index in [1.165, 1.54) is 0 Å². The Bertz CT molecular complexity index is 617. The first kappa shape index (κ1) is 16.1. The number of carbonyl (C=O) groups is 1. The number of amides is 1. The van der Waals surface area contributed by atoms with Crippen LogP contribution in [0, 0.1) is 0 Å². The van der Waals surface area contributed by atoms with Crippen LogP contribution < -0.4 is 0 Å². The van der Waals surface area contributed by atoms with Gasteiger partial charge in [0, 0.05) is 49.5 Å². The maximum atomic E-state index is 12.6. The number of piperidine rings is 1. The molecule has 1 aliphatic rings. The van der Waals surface area contributed by atoms with Crippen LogP contribution in [-0.4, -0.2) is 52.4 Å². The zero-order chi connectivity index (χ0) is 16.1. The van der Waals surface area contributed by atoms with E-state index in [1.807, 2.05) is 46.8 Å². The Hall–Kier alpha value is -1.79. The second kappa shape index (κ2) is 7.66. The first-order valence-corrected chi connectivity index (χ1v) is 8.85. The molecule has 6 heteroatoms. The van der Waals surface area contributed by atoms with Gasteiger partial charge in [-0.05, 0) is 31.5 Å². The molecule has 0 unspecified atom stereocenters. The lowest BCUT2D eigenvalue weighted by molar-refractivity contribution is -0.133. The predicted molar refractivity (Wildman–Crippen MR) is 91.2 cm³/mol. The fraction of sp³-hybridized carbons (Fsp3) is 0.471. The molecule has 3 rings (SSSR count). The number of carbonyl (C=O) groups excluding carboxylic acids is 1. The van der Waals surface area contributed by atoms with Crippen LogP contribution in [-0.2, 0) is 11.3 Å². The summed E-state index contributed by atoms with van der Waals surface area (Å²) in [6, 6.07) is 3.96. The molecule has 0 radical (unpaired) electrons. The summed E-state index contributed by atoms with van der Waals surface area (Å²) in [6.45, 7) is 2.84. The topological polar surface area (TPSA) is 49.3 Å². The third-order valence-electron chi connectivity index (χ3n) is 4.16. The Balaban J connectivity index is 1.53. The van der Waals surface area contributed by atoms with Crippen LogP contribution in [0.25, 0.3) is 0 Å². The van der Waals surface area contributed by atoms with Gasteiger partial charge in [-0.2, -0.15) is 0 Å². The Morgan fingerprint density at radius 3 is 3.13 bits per heavy atom. The SMILES string of the molecule is CN(CC(=O)N1CCC[C@H](c2nccs2)C1)Cc1cccnc1. The zero-order valence-corrected chi connectivity index (χ0v) is 14.2. The molecule has 3 heterocycles. The molecule has 1 atom stereocenters. The van der Waals surface area contributed by atoms with Gasteiger partial charge in [-0.25, -0.2) is 4.98 Å². The van der Waals surface area contributed by atoms with Gasteiger partial charge in [0.15, 0.2) is 0 Å². The maximum absolute atomic E-state index is 12.6. The summed E-state index contributed by atoms with van der Waals surface area (Å²) >= 11 is 1.69. The van der Waals surface area contributed by atoms with Gasteiger partial charge < -0.3 is 4.90 Å². The predicted octanol–water partition coefficient (Wildman–Crippen LogP) is 2.38. The molecule has 1 amide bonds. The van der Waals surface area contributed by atoms with E-state index in [1.54, 1.807) is 17.5 Å². The zero-order valence-electron chi connectivity index (χ0n) is 13.4. The van der Waals surface area contributed by atoms with Crippen molar-refractivity contribution in [2.75, 3.05) is 26.7 Å². The Labute approximate surface area is 141 Å². The molecule has 1 aliphatic heterocycles. The fourth-order valence-electron chi connectivity index (χ4n) is 3.03. The normalized spacial score (nSPS) is 18.3. The molecule has 5 nitrogen and oxygen atoms in total. The molecule has 23 heavy (non-hydrogen) atoms. The number of nitrogens with zero attached hydrogens (tertiary/aromatic N) is 4. The van der Waals surface area contributed by atoms with E-state index in [0.717, 1.165) is 43.0 Å². The monoisotopic (exact) mass is 330 g/mol. The standard InChI is InChI=1S/C17H22N4OS/c1-20(11-14-4-2-6-18-10-14)13-16(22)21-8-3-5-15(12-21)17-19-7-9-23-17/h2,4,6-7,9-10,15H,3,5,8,11-13H2,1H3/t15-/m0/s1. The van der Waals surface area contributed by atoms with Crippen LogP contribution in [0.5, 0.6) is 0 Å². The second-order valence-electron chi connectivity index (χ2n) is 6.08. The van der Waals surface area contributed by atoms with Crippen LogP contribution in [0.1, 0.15) is 29.3 Å². The Kier molecular flexibility index (Phi) is 5.35. The third kappa shape index (κ3) is 4.36. The lowest BCUT2D eigenvalue weighted by atomic mass is 9.98. The van der Waals surface area contributed by atoms with Gasteiger partial charge in [0.25, 0.3) is 0 Å². The van der Waals surface area contributed by atoms with Crippen molar-refractivity contribution in [1.82, 2.24) is 19.8 Å². The Morgan fingerprint density at radius 2 is 2.39 bits per heavy atom. The summed E-state index contributed by atoms with van der Waals surface area (Å²) in [6.07, 6.45) is 7.65. The fourth-order valence-corrected chi connectivity index (χ4v) is 3.80. The molecule has 2 aromatic rings. The van der Waals surface area contributed by atoms with Crippen molar-refractivity contribution in [3.63, 3.8) is 0 Å². The van der Waals surface area contributed by atoms with Gasteiger partial charge in [0.05, 0.1) is 11.6 Å². The minimum Gasteiger partial charge on any atom is -0.341 e. The van der Waals surface area contributed by atoms with E-state index in [9.17, 15) is 4.79 Å². The van der Waals surface area contributed by atoms with Crippen molar-refractivity contribution in [2.24, 2.45) is 0 Å². The van der Waals surface area contributed by atoms with Crippen LogP contribution in [0.3, 0.4) is 0 Å². The summed E-state index contributed by atoms with van der Waals surface area (Å²) in [5.74, 6) is 0.606. The minimum absolute atomic E-state index is 0.206. The lowest BCUT2D eigenvalue weighted by Crippen LogP contribution is -2.43. The summed E-state index contributed by atoms with van der Waals surface area (Å²) in [5, 5.41) is 3.17. The highest BCUT2D eigenvalue weighted by Gasteiger charge is 2.26. The third-order valence-corrected chi connectivity index (χ3v) is 5.09. The average Bonchev–Trinajstić information content (AvgIpc) is 3.10. The largest absolute Gasteiger partial charge is 0.341 e. The molecular weight excluding hydrogens is 308 g/mol. The highest BCUT2D eigenvalue weighted by molar-refractivity contribution is 7.09. The van der Waals surface area contributed by atoms with Crippen molar-refractivity contribution in [1.29, 1.82) is 0 Å². The van der Waals surface area contributed by atoms with E-state index in [2.05, 4.69) is 9.97 Å². The van der Waals surface area contributed by atoms with Crippen LogP contribution in [0.4, 0.5) is 0 Å². The van der Waals surface area contributed by atoms with Gasteiger partial charge in [-0.3, -0.25) is 14.7 Å². The van der Waals surface area contributed by atoms with Crippen LogP contribution >= 0.6 is 11.3 Å². The molecule has 0 N–H and O–H groups in total. The van der Waals surface area contributed by atoms with Gasteiger partial charge in [-0.15, -0.1) is 11.3 Å². The van der Waals surface area contributed by atoms with E-state index in [-0.39, 0.29) is 5.91 Å². The highest BCUT2D eigenvalue weighted by atomic mass is 32.1. The Morgan fingerprint density at radius 1 is 1.48 bits per heavy atom. The van der Waals surface area contributed by atoms with Crippen molar-refractivity contribution >= 4 is 17.2 Å². The van der Waals surface area contributed by atoms with Gasteiger partial charge >= 0.3 is 0 Å². The maximum Gasteiger partial charge on any atom is 0.236 e. The smallest absolute Gasteiger partial charge is 0.236 e. The minimum atomic E-state index is 0.206. The van der Waals surface area contributed by atoms with Gasteiger partial charge in [0.1, 0.15) is 0 Å². The molecule has 122 valence electrons. The molecule has 1 saturated heterocycles. The van der Waals surface area contributed by atoms with Gasteiger partial charge in [0.2, 0.25) is 5.91 Å². The highest BCUT2D eigenvalue weighted by Crippen LogP contribution is 2.28. The summed E-state index contributed by atoms with van der Waals surface area (Å²) in [7, 11) is 1.98. The molecule has 0 spiro atoms. The number of likely N-dealkylation sites (N-methyl/N-ethyl adjacent to an activating group) is 1. The molecular formula is C17H22N4OS. The molecule has 0 saturated carbocycles. The number of thiazole rings is 1. The first-order valence-electron chi connectivity index (χ1n) is 7.97.